The van der Waals surface area contributed by atoms with Crippen LogP contribution in [0.15, 0.2) is 48.5 Å². The van der Waals surface area contributed by atoms with Gasteiger partial charge in [-0.05, 0) is 24.3 Å². The molecule has 0 spiro atoms. The number of rotatable bonds is 6. The highest BCUT2D eigenvalue weighted by Crippen LogP contribution is 2.33. The van der Waals surface area contributed by atoms with E-state index in [1.165, 1.54) is 16.2 Å². The quantitative estimate of drug-likeness (QED) is 0.719. The highest BCUT2D eigenvalue weighted by molar-refractivity contribution is 7.22. The van der Waals surface area contributed by atoms with E-state index in [4.69, 9.17) is 11.6 Å². The molecule has 130 valence electrons. The zero-order valence-corrected chi connectivity index (χ0v) is 15.9. The van der Waals surface area contributed by atoms with Crippen molar-refractivity contribution in [2.45, 2.75) is 6.42 Å². The first-order valence-corrected chi connectivity index (χ1v) is 9.46. The van der Waals surface area contributed by atoms with Gasteiger partial charge in [-0.25, -0.2) is 4.98 Å². The van der Waals surface area contributed by atoms with Crippen molar-refractivity contribution >= 4 is 44.2 Å². The summed E-state index contributed by atoms with van der Waals surface area (Å²) in [4.78, 5) is 20.8. The second kappa shape index (κ2) is 7.95. The highest BCUT2D eigenvalue weighted by atomic mass is 35.5. The van der Waals surface area contributed by atoms with Gasteiger partial charge in [0, 0.05) is 18.5 Å². The van der Waals surface area contributed by atoms with E-state index in [2.05, 4.69) is 19.1 Å². The number of quaternary nitrogens is 1. The van der Waals surface area contributed by atoms with E-state index in [0.717, 1.165) is 23.2 Å². The minimum absolute atomic E-state index is 0.0236. The maximum atomic E-state index is 13.0. The Balaban J connectivity index is 1.94. The maximum absolute atomic E-state index is 13.0. The number of thiazole rings is 1. The summed E-state index contributed by atoms with van der Waals surface area (Å²) in [5, 5.41) is 1.32. The zero-order chi connectivity index (χ0) is 17.8. The van der Waals surface area contributed by atoms with Gasteiger partial charge in [-0.3, -0.25) is 9.69 Å². The lowest BCUT2D eigenvalue weighted by Gasteiger charge is -2.20. The first kappa shape index (κ1) is 17.9. The Morgan fingerprint density at radius 1 is 1.16 bits per heavy atom. The predicted molar refractivity (Wildman–Crippen MR) is 105 cm³/mol. The summed E-state index contributed by atoms with van der Waals surface area (Å²) in [6, 6.07) is 15.1. The number of amides is 1. The number of anilines is 1. The minimum Gasteiger partial charge on any atom is -0.340 e. The number of hydrogen-bond acceptors (Lipinski definition) is 3. The monoisotopic (exact) mass is 374 g/mol. The number of aromatic nitrogens is 1. The standard InChI is InChI=1S/C19H20ClN3OS/c1-22(2)12-7-13-23(18(24)14-8-4-3-5-9-14)19-21-17-15(20)10-6-11-16(17)25-19/h3-6,8-11H,7,12-13H2,1-2H3/p+1. The van der Waals surface area contributed by atoms with Crippen molar-refractivity contribution in [3.05, 3.63) is 59.1 Å². The molecular weight excluding hydrogens is 354 g/mol. The number of fused-ring (bicyclic) bond motifs is 1. The molecule has 4 nitrogen and oxygen atoms in total. The first-order chi connectivity index (χ1) is 12.1. The van der Waals surface area contributed by atoms with E-state index >= 15 is 0 Å². The van der Waals surface area contributed by atoms with Crippen molar-refractivity contribution in [1.82, 2.24) is 4.98 Å². The summed E-state index contributed by atoms with van der Waals surface area (Å²) in [7, 11) is 4.22. The van der Waals surface area contributed by atoms with Crippen molar-refractivity contribution in [3.63, 3.8) is 0 Å². The first-order valence-electron chi connectivity index (χ1n) is 8.27. The molecule has 0 saturated carbocycles. The molecule has 0 fully saturated rings. The molecule has 0 unspecified atom stereocenters. The molecule has 3 rings (SSSR count). The van der Waals surface area contributed by atoms with E-state index in [-0.39, 0.29) is 5.91 Å². The van der Waals surface area contributed by atoms with Crippen molar-refractivity contribution in [3.8, 4) is 0 Å². The number of nitrogens with one attached hydrogen (secondary N) is 1. The Bertz CT molecular complexity index is 863. The number of halogens is 1. The third-order valence-corrected chi connectivity index (χ3v) is 5.26. The zero-order valence-electron chi connectivity index (χ0n) is 14.3. The molecule has 3 aromatic rings. The molecule has 0 atom stereocenters. The lowest BCUT2D eigenvalue weighted by Crippen LogP contribution is -3.05. The summed E-state index contributed by atoms with van der Waals surface area (Å²) in [5.74, 6) is -0.0236. The van der Waals surface area contributed by atoms with E-state index < -0.39 is 0 Å². The van der Waals surface area contributed by atoms with Crippen LogP contribution in [-0.2, 0) is 0 Å². The molecule has 1 amide bonds. The van der Waals surface area contributed by atoms with Gasteiger partial charge in [0.1, 0.15) is 5.52 Å². The molecule has 0 aliphatic rings. The van der Waals surface area contributed by atoms with Crippen LogP contribution in [0.1, 0.15) is 16.8 Å². The third-order valence-electron chi connectivity index (χ3n) is 3.91. The molecule has 0 bridgehead atoms. The number of hydrogen-bond donors (Lipinski definition) is 1. The van der Waals surface area contributed by atoms with Gasteiger partial charge in [-0.1, -0.05) is 47.2 Å². The minimum atomic E-state index is -0.0236. The Kier molecular flexibility index (Phi) is 5.68. The molecule has 0 radical (unpaired) electrons. The number of carbonyl (C=O) groups excluding carboxylic acids is 1. The van der Waals surface area contributed by atoms with Crippen LogP contribution in [0.5, 0.6) is 0 Å². The average Bonchev–Trinajstić information content (AvgIpc) is 3.04. The van der Waals surface area contributed by atoms with Crippen molar-refractivity contribution < 1.29 is 9.69 Å². The summed E-state index contributed by atoms with van der Waals surface area (Å²) in [5.41, 5.74) is 1.43. The van der Waals surface area contributed by atoms with Crippen LogP contribution in [0.25, 0.3) is 10.2 Å². The predicted octanol–water partition coefficient (Wildman–Crippen LogP) is 3.13. The largest absolute Gasteiger partial charge is 0.340 e. The number of benzene rings is 2. The molecule has 1 N–H and O–H groups in total. The van der Waals surface area contributed by atoms with Crippen LogP contribution in [0.4, 0.5) is 5.13 Å². The topological polar surface area (TPSA) is 37.6 Å². The number of nitrogens with zero attached hydrogens (tertiary/aromatic N) is 2. The van der Waals surface area contributed by atoms with Gasteiger partial charge in [0.05, 0.1) is 30.4 Å². The van der Waals surface area contributed by atoms with E-state index in [1.807, 2.05) is 48.5 Å². The smallest absolute Gasteiger partial charge is 0.260 e. The Labute approximate surface area is 156 Å². The molecule has 6 heteroatoms. The van der Waals surface area contributed by atoms with E-state index in [9.17, 15) is 4.79 Å². The molecule has 0 saturated heterocycles. The van der Waals surface area contributed by atoms with Gasteiger partial charge in [-0.15, -0.1) is 0 Å². The van der Waals surface area contributed by atoms with Gasteiger partial charge in [-0.2, -0.15) is 0 Å². The van der Waals surface area contributed by atoms with Gasteiger partial charge >= 0.3 is 0 Å². The Morgan fingerprint density at radius 3 is 2.60 bits per heavy atom. The second-order valence-corrected chi connectivity index (χ2v) is 7.63. The lowest BCUT2D eigenvalue weighted by molar-refractivity contribution is -0.858. The van der Waals surface area contributed by atoms with E-state index in [0.29, 0.717) is 22.3 Å². The van der Waals surface area contributed by atoms with E-state index in [1.54, 1.807) is 4.90 Å². The number of carbonyl (C=O) groups is 1. The highest BCUT2D eigenvalue weighted by Gasteiger charge is 2.21. The summed E-state index contributed by atoms with van der Waals surface area (Å²) < 4.78 is 0.992. The van der Waals surface area contributed by atoms with Gasteiger partial charge in [0.2, 0.25) is 0 Å². The van der Waals surface area contributed by atoms with Crippen molar-refractivity contribution in [2.75, 3.05) is 32.1 Å². The summed E-state index contributed by atoms with van der Waals surface area (Å²) >= 11 is 7.76. The average molecular weight is 375 g/mol. The lowest BCUT2D eigenvalue weighted by atomic mass is 10.2. The molecule has 0 aliphatic heterocycles. The van der Waals surface area contributed by atoms with Crippen LogP contribution < -0.4 is 9.80 Å². The van der Waals surface area contributed by atoms with Gasteiger partial charge in [0.15, 0.2) is 5.13 Å². The van der Waals surface area contributed by atoms with Gasteiger partial charge in [0.25, 0.3) is 5.91 Å². The third kappa shape index (κ3) is 4.18. The molecule has 1 aromatic heterocycles. The van der Waals surface area contributed by atoms with Crippen LogP contribution >= 0.6 is 22.9 Å². The normalized spacial score (nSPS) is 11.2. The summed E-state index contributed by atoms with van der Waals surface area (Å²) in [6.45, 7) is 1.63. The fraction of sp³-hybridized carbons (Fsp3) is 0.263. The molecule has 0 aliphatic carbocycles. The molecule has 2 aromatic carbocycles. The Hall–Kier alpha value is -1.95. The van der Waals surface area contributed by atoms with Gasteiger partial charge < -0.3 is 4.90 Å². The Morgan fingerprint density at radius 2 is 1.92 bits per heavy atom. The fourth-order valence-electron chi connectivity index (χ4n) is 2.63. The molecule has 1 heterocycles. The summed E-state index contributed by atoms with van der Waals surface area (Å²) in [6.07, 6.45) is 0.907. The van der Waals surface area contributed by atoms with Crippen LogP contribution in [0.3, 0.4) is 0 Å². The SMILES string of the molecule is C[NH+](C)CCCN(C(=O)c1ccccc1)c1nc2c(Cl)cccc2s1. The maximum Gasteiger partial charge on any atom is 0.260 e. The fourth-order valence-corrected chi connectivity index (χ4v) is 3.92. The number of para-hydroxylation sites is 1. The van der Waals surface area contributed by atoms with Crippen molar-refractivity contribution in [1.29, 1.82) is 0 Å². The van der Waals surface area contributed by atoms with Crippen LogP contribution in [0.2, 0.25) is 5.02 Å². The van der Waals surface area contributed by atoms with Crippen LogP contribution in [0, 0.1) is 0 Å². The second-order valence-electron chi connectivity index (χ2n) is 6.22. The van der Waals surface area contributed by atoms with Crippen molar-refractivity contribution in [2.24, 2.45) is 0 Å². The molecular formula is C19H21ClN3OS+. The van der Waals surface area contributed by atoms with Crippen LogP contribution in [-0.4, -0.2) is 38.1 Å². The molecule has 25 heavy (non-hydrogen) atoms.